The van der Waals surface area contributed by atoms with Gasteiger partial charge in [-0.05, 0) is 85.7 Å². The van der Waals surface area contributed by atoms with E-state index < -0.39 is 0 Å². The normalized spacial score (nSPS) is 45.5. The smallest absolute Gasteiger partial charge is 0.156 e. The fraction of sp³-hybridized carbons (Fsp3) is 0.714. The van der Waals surface area contributed by atoms with Crippen LogP contribution in [0.3, 0.4) is 0 Å². The number of fused-ring (bicyclic) bond motifs is 5. The Labute approximate surface area is 139 Å². The number of hydrogen-bond donors (Lipinski definition) is 0. The monoisotopic (exact) mass is 312 g/mol. The average molecular weight is 312 g/mol. The van der Waals surface area contributed by atoms with Gasteiger partial charge in [0.1, 0.15) is 0 Å². The Morgan fingerprint density at radius 3 is 2.61 bits per heavy atom. The van der Waals surface area contributed by atoms with Gasteiger partial charge in [-0.15, -0.1) is 0 Å². The highest BCUT2D eigenvalue weighted by molar-refractivity contribution is 5.95. The first-order valence-corrected chi connectivity index (χ1v) is 9.32. The molecule has 2 nitrogen and oxygen atoms in total. The molecule has 4 rings (SSSR count). The lowest BCUT2D eigenvalue weighted by Crippen LogP contribution is -2.50. The van der Waals surface area contributed by atoms with Gasteiger partial charge >= 0.3 is 0 Å². The molecule has 124 valence electrons. The van der Waals surface area contributed by atoms with Crippen LogP contribution < -0.4 is 0 Å². The van der Waals surface area contributed by atoms with Crippen LogP contribution in [0.15, 0.2) is 23.3 Å². The van der Waals surface area contributed by atoms with Crippen LogP contribution in [-0.4, -0.2) is 11.6 Å². The van der Waals surface area contributed by atoms with Gasteiger partial charge in [0.2, 0.25) is 0 Å². The molecule has 2 fully saturated rings. The predicted octanol–water partition coefficient (Wildman–Crippen LogP) is 4.64. The van der Waals surface area contributed by atoms with Crippen molar-refractivity contribution in [2.75, 3.05) is 0 Å². The van der Waals surface area contributed by atoms with Gasteiger partial charge in [-0.2, -0.15) is 0 Å². The molecule has 5 atom stereocenters. The molecule has 0 spiro atoms. The maximum absolute atomic E-state index is 12.1. The number of carbonyl (C=O) groups is 2. The number of Topliss-reactive ketones (excluding diaryl/α,β-unsaturated/α-hetero) is 1. The summed E-state index contributed by atoms with van der Waals surface area (Å²) in [6.07, 6.45) is 11.7. The maximum atomic E-state index is 12.1. The van der Waals surface area contributed by atoms with Crippen LogP contribution in [0.1, 0.15) is 65.7 Å². The van der Waals surface area contributed by atoms with Gasteiger partial charge in [0.05, 0.1) is 0 Å². The van der Waals surface area contributed by atoms with E-state index in [4.69, 9.17) is 0 Å². The summed E-state index contributed by atoms with van der Waals surface area (Å²) >= 11 is 0. The molecule has 0 aromatic carbocycles. The van der Waals surface area contributed by atoms with Crippen LogP contribution in [0.4, 0.5) is 0 Å². The molecule has 0 bridgehead atoms. The number of carbonyl (C=O) groups excluding carboxylic acids is 2. The average Bonchev–Trinajstić information content (AvgIpc) is 2.85. The summed E-state index contributed by atoms with van der Waals surface area (Å²) in [5.41, 5.74) is 2.87. The molecule has 0 radical (unpaired) electrons. The van der Waals surface area contributed by atoms with Crippen LogP contribution in [-0.2, 0) is 9.59 Å². The van der Waals surface area contributed by atoms with E-state index in [0.29, 0.717) is 17.6 Å². The van der Waals surface area contributed by atoms with Crippen molar-refractivity contribution in [3.63, 3.8) is 0 Å². The summed E-state index contributed by atoms with van der Waals surface area (Å²) in [5.74, 6) is 2.67. The van der Waals surface area contributed by atoms with Crippen LogP contribution in [0.5, 0.6) is 0 Å². The molecule has 0 heterocycles. The Bertz CT molecular complexity index is 640. The minimum atomic E-state index is 0.106. The van der Waals surface area contributed by atoms with Crippen LogP contribution in [0, 0.1) is 28.6 Å². The molecule has 0 aliphatic heterocycles. The molecule has 0 aromatic heterocycles. The zero-order valence-electron chi connectivity index (χ0n) is 14.7. The molecular weight excluding hydrogens is 284 g/mol. The van der Waals surface area contributed by atoms with Gasteiger partial charge < -0.3 is 0 Å². The van der Waals surface area contributed by atoms with Crippen molar-refractivity contribution in [2.45, 2.75) is 65.7 Å². The number of rotatable bonds is 1. The van der Waals surface area contributed by atoms with Crippen molar-refractivity contribution in [3.8, 4) is 0 Å². The molecule has 4 aliphatic carbocycles. The molecule has 0 amide bonds. The van der Waals surface area contributed by atoms with Crippen molar-refractivity contribution in [1.29, 1.82) is 0 Å². The lowest BCUT2D eigenvalue weighted by molar-refractivity contribution is -0.118. The summed E-state index contributed by atoms with van der Waals surface area (Å²) in [6.45, 7) is 6.49. The van der Waals surface area contributed by atoms with Crippen LogP contribution in [0.25, 0.3) is 0 Å². The number of ketones is 2. The summed E-state index contributed by atoms with van der Waals surface area (Å²) in [5, 5.41) is 0. The number of hydrogen-bond acceptors (Lipinski definition) is 2. The minimum absolute atomic E-state index is 0.106. The van der Waals surface area contributed by atoms with Crippen molar-refractivity contribution >= 4 is 11.6 Å². The third kappa shape index (κ3) is 1.99. The lowest BCUT2D eigenvalue weighted by atomic mass is 9.47. The first-order valence-electron chi connectivity index (χ1n) is 9.32. The highest BCUT2D eigenvalue weighted by Gasteiger charge is 2.57. The zero-order valence-corrected chi connectivity index (χ0v) is 14.7. The Morgan fingerprint density at radius 1 is 1.09 bits per heavy atom. The van der Waals surface area contributed by atoms with E-state index in [0.717, 1.165) is 43.6 Å². The summed E-state index contributed by atoms with van der Waals surface area (Å²) in [4.78, 5) is 23.9. The fourth-order valence-electron chi connectivity index (χ4n) is 6.67. The van der Waals surface area contributed by atoms with Crippen molar-refractivity contribution in [3.05, 3.63) is 23.3 Å². The van der Waals surface area contributed by atoms with Crippen LogP contribution in [0.2, 0.25) is 0 Å². The van der Waals surface area contributed by atoms with Gasteiger partial charge in [-0.3, -0.25) is 9.59 Å². The Morgan fingerprint density at radius 2 is 1.87 bits per heavy atom. The quantitative estimate of drug-likeness (QED) is 0.706. The fourth-order valence-corrected chi connectivity index (χ4v) is 6.67. The van der Waals surface area contributed by atoms with E-state index in [9.17, 15) is 9.59 Å². The van der Waals surface area contributed by atoms with E-state index in [1.807, 2.05) is 6.08 Å². The molecule has 0 N–H and O–H groups in total. The Hall–Kier alpha value is -1.18. The maximum Gasteiger partial charge on any atom is 0.156 e. The Kier molecular flexibility index (Phi) is 3.28. The van der Waals surface area contributed by atoms with Crippen LogP contribution >= 0.6 is 0 Å². The minimum Gasteiger partial charge on any atom is -0.295 e. The van der Waals surface area contributed by atoms with Gasteiger partial charge in [-0.25, -0.2) is 0 Å². The largest absolute Gasteiger partial charge is 0.295 e. The SMILES string of the molecule is CC(=O)C1=CC[C@@H]2[C@H]3CCC4=CC(=O)CC[C@@]4(C)[C@@H]3CC[C@@]12C. The van der Waals surface area contributed by atoms with E-state index in [1.54, 1.807) is 6.92 Å². The molecule has 2 heteroatoms. The van der Waals surface area contributed by atoms with E-state index >= 15 is 0 Å². The highest BCUT2D eigenvalue weighted by Crippen LogP contribution is 2.65. The van der Waals surface area contributed by atoms with Gasteiger partial charge in [0.15, 0.2) is 11.6 Å². The standard InChI is InChI=1S/C21H28O2/c1-13(22)17-6-7-18-16-5-4-14-12-15(23)8-10-20(14,2)19(16)9-11-21(17,18)3/h6,12,16,18-19H,4-5,7-11H2,1-3H3/t16-,18-,19-,20-,21+/m1/s1. The second kappa shape index (κ2) is 4.91. The first-order chi connectivity index (χ1) is 10.9. The topological polar surface area (TPSA) is 34.1 Å². The second-order valence-electron chi connectivity index (χ2n) is 8.83. The van der Waals surface area contributed by atoms with E-state index in [1.165, 1.54) is 18.4 Å². The summed E-state index contributed by atoms with van der Waals surface area (Å²) in [6, 6.07) is 0. The molecule has 0 unspecified atom stereocenters. The third-order valence-electron chi connectivity index (χ3n) is 7.92. The van der Waals surface area contributed by atoms with E-state index in [2.05, 4.69) is 19.9 Å². The van der Waals surface area contributed by atoms with Crippen molar-refractivity contribution in [1.82, 2.24) is 0 Å². The number of allylic oxidation sites excluding steroid dienone is 4. The second-order valence-corrected chi connectivity index (χ2v) is 8.83. The predicted molar refractivity (Wildman–Crippen MR) is 90.9 cm³/mol. The lowest BCUT2D eigenvalue weighted by Gasteiger charge is -2.57. The van der Waals surface area contributed by atoms with Gasteiger partial charge in [0, 0.05) is 6.42 Å². The molecule has 0 saturated heterocycles. The molecular formula is C21H28O2. The van der Waals surface area contributed by atoms with E-state index in [-0.39, 0.29) is 16.6 Å². The van der Waals surface area contributed by atoms with Crippen molar-refractivity contribution < 1.29 is 9.59 Å². The molecule has 23 heavy (non-hydrogen) atoms. The van der Waals surface area contributed by atoms with Gasteiger partial charge in [-0.1, -0.05) is 25.5 Å². The highest BCUT2D eigenvalue weighted by atomic mass is 16.1. The Balaban J connectivity index is 1.68. The third-order valence-corrected chi connectivity index (χ3v) is 7.92. The molecule has 2 saturated carbocycles. The summed E-state index contributed by atoms with van der Waals surface area (Å²) in [7, 11) is 0. The van der Waals surface area contributed by atoms with Gasteiger partial charge in [0.25, 0.3) is 0 Å². The van der Waals surface area contributed by atoms with Crippen molar-refractivity contribution in [2.24, 2.45) is 28.6 Å². The molecule has 4 aliphatic rings. The zero-order chi connectivity index (χ0) is 16.4. The molecule has 0 aromatic rings. The summed E-state index contributed by atoms with van der Waals surface area (Å²) < 4.78 is 0. The first kappa shape index (κ1) is 15.4.